The molecule has 21 heavy (non-hydrogen) atoms. The molecule has 0 aromatic rings. The fourth-order valence-electron chi connectivity index (χ4n) is 2.90. The Morgan fingerprint density at radius 1 is 1.05 bits per heavy atom. The van der Waals surface area contributed by atoms with Gasteiger partial charge in [0.25, 0.3) is 0 Å². The van der Waals surface area contributed by atoms with Crippen LogP contribution >= 0.6 is 12.4 Å². The maximum atomic E-state index is 11.9. The molecular weight excluding hydrogens is 292 g/mol. The van der Waals surface area contributed by atoms with E-state index in [2.05, 4.69) is 10.6 Å². The van der Waals surface area contributed by atoms with E-state index in [1.165, 1.54) is 19.3 Å². The molecule has 1 saturated carbocycles. The number of halogens is 1. The number of carbonyl (C=O) groups is 2. The van der Waals surface area contributed by atoms with Crippen LogP contribution < -0.4 is 16.4 Å². The van der Waals surface area contributed by atoms with Crippen LogP contribution in [0.5, 0.6) is 0 Å². The molecule has 0 aromatic heterocycles. The number of urea groups is 1. The molecule has 122 valence electrons. The first-order valence-electron chi connectivity index (χ1n) is 7.73. The van der Waals surface area contributed by atoms with Crippen molar-refractivity contribution < 1.29 is 9.59 Å². The number of nitrogens with zero attached hydrogens (tertiary/aromatic N) is 1. The number of nitrogens with two attached hydrogens (primary N) is 1. The zero-order valence-electron chi connectivity index (χ0n) is 12.5. The van der Waals surface area contributed by atoms with E-state index in [0.29, 0.717) is 13.1 Å². The lowest BCUT2D eigenvalue weighted by molar-refractivity contribution is -0.131. The van der Waals surface area contributed by atoms with Crippen LogP contribution in [0, 0.1) is 0 Å². The van der Waals surface area contributed by atoms with Gasteiger partial charge < -0.3 is 21.3 Å². The van der Waals surface area contributed by atoms with E-state index in [4.69, 9.17) is 5.73 Å². The topological polar surface area (TPSA) is 87.5 Å². The molecule has 0 bridgehead atoms. The van der Waals surface area contributed by atoms with E-state index in [1.807, 2.05) is 0 Å². The van der Waals surface area contributed by atoms with Gasteiger partial charge in [-0.2, -0.15) is 0 Å². The van der Waals surface area contributed by atoms with Crippen LogP contribution in [0.1, 0.15) is 44.9 Å². The Hall–Kier alpha value is -1.01. The fourth-order valence-corrected chi connectivity index (χ4v) is 2.90. The molecule has 0 radical (unpaired) electrons. The quantitative estimate of drug-likeness (QED) is 0.725. The Balaban J connectivity index is 0.00000220. The number of likely N-dealkylation sites (tertiary alicyclic amines) is 1. The standard InChI is InChI=1S/C14H26N4O2.ClH/c15-11-6-8-18(9-7-11)13(19)10-16-14(20)17-12-4-2-1-3-5-12;/h11-12H,1-10,15H2,(H2,16,17,20);1H. The first-order valence-corrected chi connectivity index (χ1v) is 7.73. The van der Waals surface area contributed by atoms with Crippen LogP contribution in [0.4, 0.5) is 4.79 Å². The molecule has 6 nitrogen and oxygen atoms in total. The molecule has 2 aliphatic rings. The summed E-state index contributed by atoms with van der Waals surface area (Å²) in [6.07, 6.45) is 7.40. The molecule has 1 aliphatic heterocycles. The zero-order chi connectivity index (χ0) is 14.4. The van der Waals surface area contributed by atoms with E-state index < -0.39 is 0 Å². The van der Waals surface area contributed by atoms with E-state index >= 15 is 0 Å². The Morgan fingerprint density at radius 3 is 2.29 bits per heavy atom. The summed E-state index contributed by atoms with van der Waals surface area (Å²) in [5, 5.41) is 5.61. The Kier molecular flexibility index (Phi) is 7.82. The first kappa shape index (κ1) is 18.0. The highest BCUT2D eigenvalue weighted by Crippen LogP contribution is 2.17. The van der Waals surface area contributed by atoms with Gasteiger partial charge in [-0.25, -0.2) is 4.79 Å². The van der Waals surface area contributed by atoms with Gasteiger partial charge in [-0.15, -0.1) is 12.4 Å². The predicted octanol–water partition coefficient (Wildman–Crippen LogP) is 0.990. The molecule has 1 heterocycles. The Bertz CT molecular complexity index is 340. The van der Waals surface area contributed by atoms with Crippen molar-refractivity contribution in [1.82, 2.24) is 15.5 Å². The van der Waals surface area contributed by atoms with Crippen LogP contribution in [-0.4, -0.2) is 48.6 Å². The number of amides is 3. The van der Waals surface area contributed by atoms with Crippen molar-refractivity contribution in [1.29, 1.82) is 0 Å². The Morgan fingerprint density at radius 2 is 1.67 bits per heavy atom. The van der Waals surface area contributed by atoms with Gasteiger partial charge in [0, 0.05) is 25.2 Å². The van der Waals surface area contributed by atoms with Gasteiger partial charge in [0.1, 0.15) is 0 Å². The summed E-state index contributed by atoms with van der Waals surface area (Å²) in [6.45, 7) is 1.48. The van der Waals surface area contributed by atoms with Gasteiger partial charge in [0.15, 0.2) is 0 Å². The largest absolute Gasteiger partial charge is 0.341 e. The summed E-state index contributed by atoms with van der Waals surface area (Å²) in [7, 11) is 0. The second-order valence-corrected chi connectivity index (χ2v) is 5.88. The first-order chi connectivity index (χ1) is 9.65. The number of nitrogens with one attached hydrogen (secondary N) is 2. The highest BCUT2D eigenvalue weighted by atomic mass is 35.5. The van der Waals surface area contributed by atoms with Crippen molar-refractivity contribution in [2.24, 2.45) is 5.73 Å². The van der Waals surface area contributed by atoms with Gasteiger partial charge in [-0.3, -0.25) is 4.79 Å². The van der Waals surface area contributed by atoms with Crippen molar-refractivity contribution in [3.63, 3.8) is 0 Å². The lowest BCUT2D eigenvalue weighted by atomic mass is 9.96. The van der Waals surface area contributed by atoms with E-state index in [9.17, 15) is 9.59 Å². The maximum Gasteiger partial charge on any atom is 0.315 e. The minimum absolute atomic E-state index is 0. The third-order valence-corrected chi connectivity index (χ3v) is 4.23. The van der Waals surface area contributed by atoms with E-state index in [0.717, 1.165) is 25.7 Å². The third kappa shape index (κ3) is 6.09. The van der Waals surface area contributed by atoms with Crippen molar-refractivity contribution in [3.05, 3.63) is 0 Å². The van der Waals surface area contributed by atoms with Gasteiger partial charge in [0.05, 0.1) is 6.54 Å². The third-order valence-electron chi connectivity index (χ3n) is 4.23. The smallest absolute Gasteiger partial charge is 0.315 e. The highest BCUT2D eigenvalue weighted by molar-refractivity contribution is 5.85. The van der Waals surface area contributed by atoms with Crippen LogP contribution in [-0.2, 0) is 4.79 Å². The normalized spacial score (nSPS) is 20.5. The van der Waals surface area contributed by atoms with Crippen LogP contribution in [0.25, 0.3) is 0 Å². The monoisotopic (exact) mass is 318 g/mol. The second-order valence-electron chi connectivity index (χ2n) is 5.88. The van der Waals surface area contributed by atoms with Crippen molar-refractivity contribution in [2.45, 2.75) is 57.0 Å². The van der Waals surface area contributed by atoms with Gasteiger partial charge >= 0.3 is 6.03 Å². The average molecular weight is 319 g/mol. The van der Waals surface area contributed by atoms with Crippen LogP contribution in [0.15, 0.2) is 0 Å². The van der Waals surface area contributed by atoms with Crippen LogP contribution in [0.3, 0.4) is 0 Å². The summed E-state index contributed by atoms with van der Waals surface area (Å²) in [5.41, 5.74) is 5.81. The molecule has 0 spiro atoms. The molecule has 0 atom stereocenters. The molecule has 3 amide bonds. The molecule has 1 saturated heterocycles. The van der Waals surface area contributed by atoms with Gasteiger partial charge in [0.2, 0.25) is 5.91 Å². The molecule has 0 aromatic carbocycles. The number of rotatable bonds is 3. The second kappa shape index (κ2) is 9.10. The lowest BCUT2D eigenvalue weighted by Crippen LogP contribution is -2.49. The van der Waals surface area contributed by atoms with Crippen molar-refractivity contribution in [3.8, 4) is 0 Å². The SMILES string of the molecule is Cl.NC1CCN(C(=O)CNC(=O)NC2CCCCC2)CC1. The number of hydrogen-bond donors (Lipinski definition) is 3. The number of piperidine rings is 1. The minimum atomic E-state index is -0.223. The Labute approximate surface area is 132 Å². The summed E-state index contributed by atoms with van der Waals surface area (Å²) >= 11 is 0. The molecule has 4 N–H and O–H groups in total. The molecule has 0 unspecified atom stereocenters. The molecule has 7 heteroatoms. The lowest BCUT2D eigenvalue weighted by Gasteiger charge is -2.30. The highest BCUT2D eigenvalue weighted by Gasteiger charge is 2.21. The average Bonchev–Trinajstić information content (AvgIpc) is 2.46. The minimum Gasteiger partial charge on any atom is -0.341 e. The van der Waals surface area contributed by atoms with Crippen molar-refractivity contribution >= 4 is 24.3 Å². The molecule has 2 rings (SSSR count). The molecule has 2 fully saturated rings. The van der Waals surface area contributed by atoms with Gasteiger partial charge in [-0.1, -0.05) is 19.3 Å². The molecule has 1 aliphatic carbocycles. The van der Waals surface area contributed by atoms with E-state index in [1.54, 1.807) is 4.90 Å². The summed E-state index contributed by atoms with van der Waals surface area (Å²) in [6, 6.07) is 0.257. The van der Waals surface area contributed by atoms with Gasteiger partial charge in [-0.05, 0) is 25.7 Å². The van der Waals surface area contributed by atoms with Crippen LogP contribution in [0.2, 0.25) is 0 Å². The summed E-state index contributed by atoms with van der Waals surface area (Å²) in [5.74, 6) is -0.0179. The maximum absolute atomic E-state index is 11.9. The van der Waals surface area contributed by atoms with E-state index in [-0.39, 0.29) is 43.0 Å². The fraction of sp³-hybridized carbons (Fsp3) is 0.857. The summed E-state index contributed by atoms with van der Waals surface area (Å²) in [4.78, 5) is 25.5. The summed E-state index contributed by atoms with van der Waals surface area (Å²) < 4.78 is 0. The molecular formula is C14H27ClN4O2. The zero-order valence-corrected chi connectivity index (χ0v) is 13.3. The number of hydrogen-bond acceptors (Lipinski definition) is 3. The predicted molar refractivity (Wildman–Crippen MR) is 84.4 cm³/mol. The van der Waals surface area contributed by atoms with Crippen molar-refractivity contribution in [2.75, 3.05) is 19.6 Å². The number of carbonyl (C=O) groups excluding carboxylic acids is 2.